The standard InChI is InChI=1S/C11H9N3OS/c1-6-10(13-7(2)16-6)9-4-3-8(5-12)11(15)14-9/h3-4H,1-2H3,(H,14,15). The average Bonchev–Trinajstić information content (AvgIpc) is 2.58. The van der Waals surface area contributed by atoms with Crippen LogP contribution in [0.15, 0.2) is 16.9 Å². The molecule has 2 heterocycles. The minimum Gasteiger partial charge on any atom is -0.319 e. The van der Waals surface area contributed by atoms with E-state index in [4.69, 9.17) is 5.26 Å². The van der Waals surface area contributed by atoms with Crippen LogP contribution >= 0.6 is 11.3 Å². The number of aromatic amines is 1. The molecule has 16 heavy (non-hydrogen) atoms. The first-order valence-corrected chi connectivity index (χ1v) is 5.51. The molecule has 0 aliphatic rings. The van der Waals surface area contributed by atoms with Crippen molar-refractivity contribution in [2.24, 2.45) is 0 Å². The van der Waals surface area contributed by atoms with Crippen LogP contribution in [0.2, 0.25) is 0 Å². The van der Waals surface area contributed by atoms with Crippen LogP contribution in [0.25, 0.3) is 11.4 Å². The van der Waals surface area contributed by atoms with Crippen LogP contribution in [-0.4, -0.2) is 9.97 Å². The van der Waals surface area contributed by atoms with Crippen LogP contribution in [0.5, 0.6) is 0 Å². The van der Waals surface area contributed by atoms with E-state index in [9.17, 15) is 4.79 Å². The molecule has 0 aliphatic carbocycles. The Morgan fingerprint density at radius 3 is 2.69 bits per heavy atom. The van der Waals surface area contributed by atoms with Crippen molar-refractivity contribution in [2.75, 3.05) is 0 Å². The maximum absolute atomic E-state index is 11.5. The number of nitrogens with zero attached hydrogens (tertiary/aromatic N) is 2. The number of H-pyrrole nitrogens is 1. The average molecular weight is 231 g/mol. The SMILES string of the molecule is Cc1nc(-c2ccc(C#N)c(=O)[nH]2)c(C)s1. The first-order valence-electron chi connectivity index (χ1n) is 4.69. The molecule has 2 aromatic rings. The highest BCUT2D eigenvalue weighted by molar-refractivity contribution is 7.11. The first kappa shape index (κ1) is 10.6. The summed E-state index contributed by atoms with van der Waals surface area (Å²) in [6, 6.07) is 5.06. The summed E-state index contributed by atoms with van der Waals surface area (Å²) in [6.07, 6.45) is 0. The van der Waals surface area contributed by atoms with E-state index in [0.29, 0.717) is 5.69 Å². The Morgan fingerprint density at radius 1 is 1.44 bits per heavy atom. The van der Waals surface area contributed by atoms with Gasteiger partial charge in [-0.3, -0.25) is 4.79 Å². The van der Waals surface area contributed by atoms with Gasteiger partial charge in [-0.15, -0.1) is 11.3 Å². The van der Waals surface area contributed by atoms with Gasteiger partial charge < -0.3 is 4.98 Å². The largest absolute Gasteiger partial charge is 0.319 e. The van der Waals surface area contributed by atoms with Gasteiger partial charge in [-0.05, 0) is 26.0 Å². The van der Waals surface area contributed by atoms with E-state index in [2.05, 4.69) is 9.97 Å². The lowest BCUT2D eigenvalue weighted by Gasteiger charge is -1.98. The number of pyridine rings is 1. The predicted molar refractivity (Wildman–Crippen MR) is 62.4 cm³/mol. The summed E-state index contributed by atoms with van der Waals surface area (Å²) in [5.74, 6) is 0. The summed E-state index contributed by atoms with van der Waals surface area (Å²) in [4.78, 5) is 19.5. The van der Waals surface area contributed by atoms with Crippen LogP contribution in [0.1, 0.15) is 15.4 Å². The van der Waals surface area contributed by atoms with E-state index in [1.165, 1.54) is 6.07 Å². The third-order valence-electron chi connectivity index (χ3n) is 2.19. The lowest BCUT2D eigenvalue weighted by atomic mass is 10.2. The Labute approximate surface area is 96.2 Å². The minimum atomic E-state index is -0.370. The van der Waals surface area contributed by atoms with E-state index < -0.39 is 0 Å². The lowest BCUT2D eigenvalue weighted by Crippen LogP contribution is -2.10. The second-order valence-corrected chi connectivity index (χ2v) is 4.77. The number of rotatable bonds is 1. The van der Waals surface area contributed by atoms with Crippen molar-refractivity contribution in [2.45, 2.75) is 13.8 Å². The summed E-state index contributed by atoms with van der Waals surface area (Å²) >= 11 is 1.58. The summed E-state index contributed by atoms with van der Waals surface area (Å²) in [7, 11) is 0. The molecular formula is C11H9N3OS. The molecule has 0 amide bonds. The van der Waals surface area contributed by atoms with Gasteiger partial charge in [0.2, 0.25) is 0 Å². The zero-order valence-electron chi connectivity index (χ0n) is 8.87. The van der Waals surface area contributed by atoms with Crippen molar-refractivity contribution < 1.29 is 0 Å². The monoisotopic (exact) mass is 231 g/mol. The lowest BCUT2D eigenvalue weighted by molar-refractivity contribution is 1.18. The molecule has 0 saturated carbocycles. The molecule has 0 bridgehead atoms. The molecular weight excluding hydrogens is 222 g/mol. The van der Waals surface area contributed by atoms with Gasteiger partial charge in [0.25, 0.3) is 5.56 Å². The predicted octanol–water partition coefficient (Wildman–Crippen LogP) is 1.99. The zero-order chi connectivity index (χ0) is 11.7. The molecule has 0 aliphatic heterocycles. The molecule has 0 atom stereocenters. The number of aryl methyl sites for hydroxylation is 2. The number of aromatic nitrogens is 2. The highest BCUT2D eigenvalue weighted by atomic mass is 32.1. The van der Waals surface area contributed by atoms with Gasteiger partial charge in [-0.1, -0.05) is 0 Å². The molecule has 1 N–H and O–H groups in total. The molecule has 0 spiro atoms. The molecule has 5 heteroatoms. The third kappa shape index (κ3) is 1.75. The Bertz CT molecular complexity index is 633. The highest BCUT2D eigenvalue weighted by Gasteiger charge is 2.09. The smallest absolute Gasteiger partial charge is 0.266 e. The maximum Gasteiger partial charge on any atom is 0.266 e. The van der Waals surface area contributed by atoms with Crippen molar-refractivity contribution >= 4 is 11.3 Å². The second kappa shape index (κ2) is 3.91. The fraction of sp³-hybridized carbons (Fsp3) is 0.182. The van der Waals surface area contributed by atoms with Crippen LogP contribution < -0.4 is 5.56 Å². The quantitative estimate of drug-likeness (QED) is 0.815. The number of nitriles is 1. The topological polar surface area (TPSA) is 69.5 Å². The van der Waals surface area contributed by atoms with Crippen LogP contribution in [-0.2, 0) is 0 Å². The summed E-state index contributed by atoms with van der Waals surface area (Å²) < 4.78 is 0. The first-order chi connectivity index (χ1) is 7.61. The molecule has 0 radical (unpaired) electrons. The third-order valence-corrected chi connectivity index (χ3v) is 3.07. The van der Waals surface area contributed by atoms with Crippen molar-refractivity contribution in [1.82, 2.24) is 9.97 Å². The Hall–Kier alpha value is -1.93. The van der Waals surface area contributed by atoms with E-state index in [-0.39, 0.29) is 11.1 Å². The van der Waals surface area contributed by atoms with Gasteiger partial charge in [0, 0.05) is 4.88 Å². The van der Waals surface area contributed by atoms with Crippen LogP contribution in [0.3, 0.4) is 0 Å². The Balaban J connectivity index is 2.59. The van der Waals surface area contributed by atoms with Gasteiger partial charge >= 0.3 is 0 Å². The molecule has 80 valence electrons. The van der Waals surface area contributed by atoms with Crippen molar-refractivity contribution in [1.29, 1.82) is 5.26 Å². The van der Waals surface area contributed by atoms with E-state index in [0.717, 1.165) is 15.6 Å². The normalized spacial score (nSPS) is 10.1. The van der Waals surface area contributed by atoms with Gasteiger partial charge in [0.15, 0.2) is 0 Å². The molecule has 0 unspecified atom stereocenters. The van der Waals surface area contributed by atoms with E-state index in [1.54, 1.807) is 17.4 Å². The molecule has 2 aromatic heterocycles. The summed E-state index contributed by atoms with van der Waals surface area (Å²) in [6.45, 7) is 3.87. The molecule has 0 aromatic carbocycles. The molecule has 0 fully saturated rings. The number of hydrogen-bond donors (Lipinski definition) is 1. The summed E-state index contributed by atoms with van der Waals surface area (Å²) in [5.41, 5.74) is 1.19. The Morgan fingerprint density at radius 2 is 2.19 bits per heavy atom. The van der Waals surface area contributed by atoms with Crippen molar-refractivity contribution in [3.8, 4) is 17.5 Å². The van der Waals surface area contributed by atoms with Crippen LogP contribution in [0, 0.1) is 25.2 Å². The molecule has 2 rings (SSSR count). The van der Waals surface area contributed by atoms with Crippen molar-refractivity contribution in [3.05, 3.63) is 37.9 Å². The number of thiazole rings is 1. The zero-order valence-corrected chi connectivity index (χ0v) is 9.68. The van der Waals surface area contributed by atoms with Crippen LogP contribution in [0.4, 0.5) is 0 Å². The van der Waals surface area contributed by atoms with Gasteiger partial charge in [-0.25, -0.2) is 4.98 Å². The number of nitrogens with one attached hydrogen (secondary N) is 1. The molecule has 0 saturated heterocycles. The minimum absolute atomic E-state index is 0.119. The number of hydrogen-bond acceptors (Lipinski definition) is 4. The van der Waals surface area contributed by atoms with E-state index >= 15 is 0 Å². The van der Waals surface area contributed by atoms with E-state index in [1.807, 2.05) is 19.9 Å². The highest BCUT2D eigenvalue weighted by Crippen LogP contribution is 2.24. The van der Waals surface area contributed by atoms with Gasteiger partial charge in [0.1, 0.15) is 17.3 Å². The summed E-state index contributed by atoms with van der Waals surface area (Å²) in [5, 5.41) is 9.61. The Kier molecular flexibility index (Phi) is 2.59. The van der Waals surface area contributed by atoms with Crippen molar-refractivity contribution in [3.63, 3.8) is 0 Å². The maximum atomic E-state index is 11.5. The fourth-order valence-corrected chi connectivity index (χ4v) is 2.31. The van der Waals surface area contributed by atoms with Gasteiger partial charge in [-0.2, -0.15) is 5.26 Å². The fourth-order valence-electron chi connectivity index (χ4n) is 1.48. The van der Waals surface area contributed by atoms with Gasteiger partial charge in [0.05, 0.1) is 10.7 Å². The second-order valence-electron chi connectivity index (χ2n) is 3.36. The molecule has 4 nitrogen and oxygen atoms in total.